The zero-order valence-corrected chi connectivity index (χ0v) is 9.38. The predicted octanol–water partition coefficient (Wildman–Crippen LogP) is 2.00. The number of aromatic nitrogens is 2. The third-order valence-electron chi connectivity index (χ3n) is 2.16. The zero-order chi connectivity index (χ0) is 10.7. The molecule has 0 unspecified atom stereocenters. The average molecular weight is 223 g/mol. The van der Waals surface area contributed by atoms with E-state index in [4.69, 9.17) is 10.3 Å². The van der Waals surface area contributed by atoms with Gasteiger partial charge < -0.3 is 10.3 Å². The Labute approximate surface area is 92.1 Å². The van der Waals surface area contributed by atoms with Crippen molar-refractivity contribution in [3.8, 4) is 11.5 Å². The third kappa shape index (κ3) is 2.24. The number of thiophene rings is 1. The summed E-state index contributed by atoms with van der Waals surface area (Å²) in [5, 5.41) is 8.01. The first-order valence-corrected chi connectivity index (χ1v) is 5.81. The second-order valence-electron chi connectivity index (χ2n) is 3.38. The van der Waals surface area contributed by atoms with Crippen LogP contribution in [0.1, 0.15) is 17.8 Å². The van der Waals surface area contributed by atoms with Gasteiger partial charge in [0.15, 0.2) is 5.82 Å². The van der Waals surface area contributed by atoms with Gasteiger partial charge in [0.2, 0.25) is 0 Å². The SMILES string of the molecule is Cc1cscc1-c1nc(CCCN)no1. The lowest BCUT2D eigenvalue weighted by Crippen LogP contribution is -2.01. The van der Waals surface area contributed by atoms with Gasteiger partial charge >= 0.3 is 0 Å². The van der Waals surface area contributed by atoms with Gasteiger partial charge in [-0.05, 0) is 30.8 Å². The van der Waals surface area contributed by atoms with E-state index in [0.717, 1.165) is 24.2 Å². The van der Waals surface area contributed by atoms with Gasteiger partial charge in [0, 0.05) is 11.8 Å². The van der Waals surface area contributed by atoms with Gasteiger partial charge in [-0.1, -0.05) is 5.16 Å². The fourth-order valence-corrected chi connectivity index (χ4v) is 2.13. The Kier molecular flexibility index (Phi) is 3.13. The van der Waals surface area contributed by atoms with Crippen LogP contribution in [-0.4, -0.2) is 16.7 Å². The van der Waals surface area contributed by atoms with Crippen molar-refractivity contribution in [2.75, 3.05) is 6.54 Å². The molecule has 2 N–H and O–H groups in total. The number of hydrogen-bond donors (Lipinski definition) is 1. The highest BCUT2D eigenvalue weighted by Gasteiger charge is 2.11. The molecular weight excluding hydrogens is 210 g/mol. The summed E-state index contributed by atoms with van der Waals surface area (Å²) in [4.78, 5) is 4.32. The molecule has 5 heteroatoms. The zero-order valence-electron chi connectivity index (χ0n) is 8.56. The lowest BCUT2D eigenvalue weighted by atomic mass is 10.2. The lowest BCUT2D eigenvalue weighted by Gasteiger charge is -1.90. The van der Waals surface area contributed by atoms with Crippen LogP contribution in [0.5, 0.6) is 0 Å². The highest BCUT2D eigenvalue weighted by atomic mass is 32.1. The lowest BCUT2D eigenvalue weighted by molar-refractivity contribution is 0.422. The van der Waals surface area contributed by atoms with E-state index in [-0.39, 0.29) is 0 Å². The molecule has 0 aliphatic rings. The molecule has 0 radical (unpaired) electrons. The van der Waals surface area contributed by atoms with E-state index in [9.17, 15) is 0 Å². The van der Waals surface area contributed by atoms with E-state index < -0.39 is 0 Å². The van der Waals surface area contributed by atoms with Gasteiger partial charge in [-0.15, -0.1) is 0 Å². The number of hydrogen-bond acceptors (Lipinski definition) is 5. The van der Waals surface area contributed by atoms with Crippen molar-refractivity contribution in [3.05, 3.63) is 22.1 Å². The Morgan fingerprint density at radius 2 is 2.33 bits per heavy atom. The van der Waals surface area contributed by atoms with Crippen LogP contribution in [-0.2, 0) is 6.42 Å². The molecule has 4 nitrogen and oxygen atoms in total. The summed E-state index contributed by atoms with van der Waals surface area (Å²) in [5.74, 6) is 1.35. The fourth-order valence-electron chi connectivity index (χ4n) is 1.30. The maximum atomic E-state index is 5.42. The Morgan fingerprint density at radius 1 is 1.47 bits per heavy atom. The minimum atomic E-state index is 0.612. The van der Waals surface area contributed by atoms with E-state index >= 15 is 0 Å². The van der Waals surface area contributed by atoms with Crippen LogP contribution in [0.2, 0.25) is 0 Å². The smallest absolute Gasteiger partial charge is 0.259 e. The Bertz CT molecular complexity index is 435. The van der Waals surface area contributed by atoms with Crippen molar-refractivity contribution in [2.45, 2.75) is 19.8 Å². The maximum Gasteiger partial charge on any atom is 0.259 e. The van der Waals surface area contributed by atoms with E-state index in [1.54, 1.807) is 11.3 Å². The van der Waals surface area contributed by atoms with E-state index in [1.165, 1.54) is 5.56 Å². The third-order valence-corrected chi connectivity index (χ3v) is 3.02. The Morgan fingerprint density at radius 3 is 3.00 bits per heavy atom. The van der Waals surface area contributed by atoms with Crippen molar-refractivity contribution in [2.24, 2.45) is 5.73 Å². The molecule has 2 heterocycles. The highest BCUT2D eigenvalue weighted by Crippen LogP contribution is 2.25. The Hall–Kier alpha value is -1.20. The molecular formula is C10H13N3OS. The van der Waals surface area contributed by atoms with Crippen molar-refractivity contribution in [1.29, 1.82) is 0 Å². The summed E-state index contributed by atoms with van der Waals surface area (Å²) in [7, 11) is 0. The van der Waals surface area contributed by atoms with Crippen LogP contribution in [0.15, 0.2) is 15.3 Å². The quantitative estimate of drug-likeness (QED) is 0.861. The molecule has 2 aromatic heterocycles. The standard InChI is InChI=1S/C10H13N3OS/c1-7-5-15-6-8(7)10-12-9(13-14-10)3-2-4-11/h5-6H,2-4,11H2,1H3. The van der Waals surface area contributed by atoms with E-state index in [1.807, 2.05) is 12.3 Å². The largest absolute Gasteiger partial charge is 0.334 e. The summed E-state index contributed by atoms with van der Waals surface area (Å²) in [6.07, 6.45) is 1.67. The first-order valence-electron chi connectivity index (χ1n) is 4.87. The van der Waals surface area contributed by atoms with Gasteiger partial charge in [0.05, 0.1) is 5.56 Å². The second-order valence-corrected chi connectivity index (χ2v) is 4.12. The van der Waals surface area contributed by atoms with E-state index in [0.29, 0.717) is 12.4 Å². The van der Waals surface area contributed by atoms with Crippen molar-refractivity contribution in [1.82, 2.24) is 10.1 Å². The molecule has 0 bridgehead atoms. The molecule has 80 valence electrons. The number of nitrogens with two attached hydrogens (primary N) is 1. The van der Waals surface area contributed by atoms with Gasteiger partial charge in [-0.3, -0.25) is 0 Å². The molecule has 0 aliphatic carbocycles. The molecule has 2 rings (SSSR count). The summed E-state index contributed by atoms with van der Waals surface area (Å²) in [6, 6.07) is 0. The molecule has 0 spiro atoms. The molecule has 0 fully saturated rings. The average Bonchev–Trinajstić information content (AvgIpc) is 2.83. The fraction of sp³-hybridized carbons (Fsp3) is 0.400. The second kappa shape index (κ2) is 4.55. The van der Waals surface area contributed by atoms with Gasteiger partial charge in [-0.25, -0.2) is 0 Å². The topological polar surface area (TPSA) is 64.9 Å². The van der Waals surface area contributed by atoms with Crippen LogP contribution >= 0.6 is 11.3 Å². The van der Waals surface area contributed by atoms with Gasteiger partial charge in [0.25, 0.3) is 5.89 Å². The van der Waals surface area contributed by atoms with E-state index in [2.05, 4.69) is 15.5 Å². The minimum absolute atomic E-state index is 0.612. The molecule has 0 atom stereocenters. The number of rotatable bonds is 4. The molecule has 0 aliphatic heterocycles. The summed E-state index contributed by atoms with van der Waals surface area (Å²) < 4.78 is 5.19. The van der Waals surface area contributed by atoms with Crippen LogP contribution in [0.4, 0.5) is 0 Å². The molecule has 0 amide bonds. The summed E-state index contributed by atoms with van der Waals surface area (Å²) in [6.45, 7) is 2.69. The maximum absolute atomic E-state index is 5.42. The van der Waals surface area contributed by atoms with Crippen molar-refractivity contribution in [3.63, 3.8) is 0 Å². The molecule has 0 saturated heterocycles. The highest BCUT2D eigenvalue weighted by molar-refractivity contribution is 7.08. The van der Waals surface area contributed by atoms with Crippen LogP contribution < -0.4 is 5.73 Å². The normalized spacial score (nSPS) is 10.8. The number of aryl methyl sites for hydroxylation is 2. The summed E-state index contributed by atoms with van der Waals surface area (Å²) >= 11 is 1.64. The first-order chi connectivity index (χ1) is 7.31. The van der Waals surface area contributed by atoms with Crippen molar-refractivity contribution >= 4 is 11.3 Å². The predicted molar refractivity (Wildman–Crippen MR) is 59.7 cm³/mol. The van der Waals surface area contributed by atoms with Gasteiger partial charge in [0.1, 0.15) is 0 Å². The number of nitrogens with zero attached hydrogens (tertiary/aromatic N) is 2. The minimum Gasteiger partial charge on any atom is -0.334 e. The van der Waals surface area contributed by atoms with Crippen LogP contribution in [0.3, 0.4) is 0 Å². The van der Waals surface area contributed by atoms with Crippen molar-refractivity contribution < 1.29 is 4.52 Å². The van der Waals surface area contributed by atoms with Gasteiger partial charge in [-0.2, -0.15) is 16.3 Å². The molecule has 0 saturated carbocycles. The van der Waals surface area contributed by atoms with Crippen LogP contribution in [0, 0.1) is 6.92 Å². The van der Waals surface area contributed by atoms with Crippen LogP contribution in [0.25, 0.3) is 11.5 Å². The molecule has 15 heavy (non-hydrogen) atoms. The Balaban J connectivity index is 2.17. The monoisotopic (exact) mass is 223 g/mol. The summed E-state index contributed by atoms with van der Waals surface area (Å²) in [5.41, 5.74) is 7.63. The molecule has 0 aromatic carbocycles. The molecule has 2 aromatic rings. The first kappa shape index (κ1) is 10.3.